The molecule has 0 spiro atoms. The van der Waals surface area contributed by atoms with Crippen LogP contribution in [0.5, 0.6) is 5.75 Å². The molecule has 4 aromatic rings. The second-order valence-electron chi connectivity index (χ2n) is 9.06. The van der Waals surface area contributed by atoms with Crippen molar-refractivity contribution < 1.29 is 28.6 Å². The number of Topliss-reactive ketones (excluding diaryl/α,β-unsaturated/α-hetero) is 1. The van der Waals surface area contributed by atoms with Gasteiger partial charge in [0.1, 0.15) is 23.3 Å². The van der Waals surface area contributed by atoms with E-state index >= 15 is 0 Å². The Morgan fingerprint density at radius 2 is 1.63 bits per heavy atom. The van der Waals surface area contributed by atoms with Gasteiger partial charge in [0, 0.05) is 11.3 Å². The number of ether oxygens (including phenoxy) is 3. The lowest BCUT2D eigenvalue weighted by Gasteiger charge is -2.10. The molecule has 0 aliphatic rings. The van der Waals surface area contributed by atoms with Crippen molar-refractivity contribution in [3.63, 3.8) is 0 Å². The Morgan fingerprint density at radius 3 is 2.39 bits per heavy atom. The number of carbonyl (C=O) groups excluding carboxylic acids is 3. The Hall–Kier alpha value is -4.74. The van der Waals surface area contributed by atoms with Crippen LogP contribution in [0.1, 0.15) is 55.4 Å². The largest absolute Gasteiger partial charge is 0.489 e. The fraction of sp³-hybridized carbons (Fsp3) is 0.212. The minimum Gasteiger partial charge on any atom is -0.489 e. The summed E-state index contributed by atoms with van der Waals surface area (Å²) in [5.74, 6) is -1.10. The van der Waals surface area contributed by atoms with Crippen LogP contribution in [0.15, 0.2) is 72.3 Å². The van der Waals surface area contributed by atoms with Crippen molar-refractivity contribution in [2.24, 2.45) is 0 Å². The maximum Gasteiger partial charge on any atom is 0.348 e. The molecule has 3 aromatic carbocycles. The van der Waals surface area contributed by atoms with Crippen molar-refractivity contribution in [2.75, 3.05) is 13.2 Å². The first-order chi connectivity index (χ1) is 19.9. The van der Waals surface area contributed by atoms with Gasteiger partial charge in [-0.15, -0.1) is 11.3 Å². The zero-order valence-electron chi connectivity index (χ0n) is 23.1. The van der Waals surface area contributed by atoms with Crippen LogP contribution in [0.3, 0.4) is 0 Å². The highest BCUT2D eigenvalue weighted by Crippen LogP contribution is 2.31. The van der Waals surface area contributed by atoms with Crippen molar-refractivity contribution in [3.05, 3.63) is 104 Å². The van der Waals surface area contributed by atoms with Crippen LogP contribution in [0.2, 0.25) is 0 Å². The van der Waals surface area contributed by atoms with Crippen LogP contribution in [0, 0.1) is 18.3 Å². The first-order valence-corrected chi connectivity index (χ1v) is 14.0. The molecule has 1 aromatic heterocycles. The van der Waals surface area contributed by atoms with Gasteiger partial charge in [-0.25, -0.2) is 9.59 Å². The second kappa shape index (κ2) is 13.6. The SMILES string of the molecule is CCOC(=O)c1sc(CC(=O)/C(C#N)=C/c2cccc(OCc3cccc4ccccc34)c2)c(C(=O)OCC)c1C. The maximum atomic E-state index is 13.2. The summed E-state index contributed by atoms with van der Waals surface area (Å²) in [4.78, 5) is 39.0. The van der Waals surface area contributed by atoms with E-state index < -0.39 is 17.7 Å². The van der Waals surface area contributed by atoms with E-state index in [4.69, 9.17) is 14.2 Å². The molecule has 0 aliphatic heterocycles. The van der Waals surface area contributed by atoms with Crippen LogP contribution < -0.4 is 4.74 Å². The molecule has 4 rings (SSSR count). The van der Waals surface area contributed by atoms with E-state index in [0.29, 0.717) is 28.4 Å². The molecule has 0 fully saturated rings. The normalized spacial score (nSPS) is 11.1. The lowest BCUT2D eigenvalue weighted by atomic mass is 10.0. The van der Waals surface area contributed by atoms with Crippen molar-refractivity contribution in [1.29, 1.82) is 5.26 Å². The molecule has 0 atom stereocenters. The number of fused-ring (bicyclic) bond motifs is 1. The van der Waals surface area contributed by atoms with Gasteiger partial charge in [0.2, 0.25) is 0 Å². The average Bonchev–Trinajstić information content (AvgIpc) is 3.30. The number of carbonyl (C=O) groups is 3. The Labute approximate surface area is 242 Å². The molecule has 0 bridgehead atoms. The number of rotatable bonds is 11. The first kappa shape index (κ1) is 29.2. The third-order valence-electron chi connectivity index (χ3n) is 6.35. The fourth-order valence-corrected chi connectivity index (χ4v) is 5.60. The number of nitriles is 1. The van der Waals surface area contributed by atoms with Crippen LogP contribution >= 0.6 is 11.3 Å². The van der Waals surface area contributed by atoms with Crippen molar-refractivity contribution in [1.82, 2.24) is 0 Å². The Morgan fingerprint density at radius 1 is 0.927 bits per heavy atom. The zero-order chi connectivity index (χ0) is 29.4. The molecular formula is C33H29NO6S. The quantitative estimate of drug-likeness (QED) is 0.111. The molecule has 0 unspecified atom stereocenters. The summed E-state index contributed by atoms with van der Waals surface area (Å²) in [5.41, 5.74) is 2.13. The number of thiophene rings is 1. The topological polar surface area (TPSA) is 103 Å². The van der Waals surface area contributed by atoms with Gasteiger partial charge in [0.05, 0.1) is 24.4 Å². The summed E-state index contributed by atoms with van der Waals surface area (Å²) < 4.78 is 16.3. The van der Waals surface area contributed by atoms with E-state index in [1.807, 2.05) is 36.4 Å². The molecule has 41 heavy (non-hydrogen) atoms. The fourth-order valence-electron chi connectivity index (χ4n) is 4.42. The molecular weight excluding hydrogens is 538 g/mol. The minimum absolute atomic E-state index is 0.0882. The summed E-state index contributed by atoms with van der Waals surface area (Å²) >= 11 is 1.01. The smallest absolute Gasteiger partial charge is 0.348 e. The van der Waals surface area contributed by atoms with Gasteiger partial charge in [-0.3, -0.25) is 4.79 Å². The van der Waals surface area contributed by atoms with Gasteiger partial charge in [-0.05, 0) is 66.4 Å². The first-order valence-electron chi connectivity index (χ1n) is 13.2. The van der Waals surface area contributed by atoms with E-state index in [9.17, 15) is 19.6 Å². The summed E-state index contributed by atoms with van der Waals surface area (Å²) in [6.07, 6.45) is 1.25. The van der Waals surface area contributed by atoms with E-state index in [-0.39, 0.29) is 35.6 Å². The van der Waals surface area contributed by atoms with Gasteiger partial charge in [0.25, 0.3) is 0 Å². The summed E-state index contributed by atoms with van der Waals surface area (Å²) in [7, 11) is 0. The highest BCUT2D eigenvalue weighted by atomic mass is 32.1. The number of hydrogen-bond acceptors (Lipinski definition) is 8. The van der Waals surface area contributed by atoms with E-state index in [0.717, 1.165) is 27.7 Å². The van der Waals surface area contributed by atoms with Gasteiger partial charge in [-0.2, -0.15) is 5.26 Å². The summed E-state index contributed by atoms with van der Waals surface area (Å²) in [5, 5.41) is 12.0. The van der Waals surface area contributed by atoms with E-state index in [2.05, 4.69) is 18.2 Å². The molecule has 0 N–H and O–H groups in total. The molecule has 208 valence electrons. The van der Waals surface area contributed by atoms with Gasteiger partial charge >= 0.3 is 11.9 Å². The third kappa shape index (κ3) is 6.89. The van der Waals surface area contributed by atoms with Gasteiger partial charge < -0.3 is 14.2 Å². The van der Waals surface area contributed by atoms with E-state index in [1.54, 1.807) is 39.0 Å². The maximum absolute atomic E-state index is 13.2. The minimum atomic E-state index is -0.627. The van der Waals surface area contributed by atoms with Crippen LogP contribution in [-0.2, 0) is 27.3 Å². The van der Waals surface area contributed by atoms with Crippen LogP contribution in [0.25, 0.3) is 16.8 Å². The van der Waals surface area contributed by atoms with Gasteiger partial charge in [0.15, 0.2) is 5.78 Å². The lowest BCUT2D eigenvalue weighted by molar-refractivity contribution is -0.114. The monoisotopic (exact) mass is 567 g/mol. The molecule has 0 radical (unpaired) electrons. The van der Waals surface area contributed by atoms with Crippen LogP contribution in [0.4, 0.5) is 0 Å². The predicted molar refractivity (Wildman–Crippen MR) is 158 cm³/mol. The zero-order valence-corrected chi connectivity index (χ0v) is 23.9. The van der Waals surface area contributed by atoms with Crippen molar-refractivity contribution in [2.45, 2.75) is 33.8 Å². The lowest BCUT2D eigenvalue weighted by Crippen LogP contribution is -2.12. The number of benzene rings is 3. The van der Waals surface area contributed by atoms with E-state index in [1.165, 1.54) is 6.08 Å². The predicted octanol–water partition coefficient (Wildman–Crippen LogP) is 6.86. The molecule has 1 heterocycles. The molecule has 0 saturated carbocycles. The Balaban J connectivity index is 1.55. The molecule has 8 heteroatoms. The number of ketones is 1. The standard InChI is InChI=1S/C33H29NO6S/c1-4-38-32(36)30-21(3)31(33(37)39-5-2)41-29(30)18-28(35)25(19-34)16-22-10-8-14-26(17-22)40-20-24-13-9-12-23-11-6-7-15-27(23)24/h6-17H,4-5,18,20H2,1-3H3/b25-16+. The molecule has 0 aliphatic carbocycles. The van der Waals surface area contributed by atoms with Crippen molar-refractivity contribution in [3.8, 4) is 11.8 Å². The molecule has 0 amide bonds. The third-order valence-corrected chi connectivity index (χ3v) is 7.62. The van der Waals surface area contributed by atoms with Crippen molar-refractivity contribution >= 4 is 45.9 Å². The van der Waals surface area contributed by atoms with Crippen LogP contribution in [-0.4, -0.2) is 30.9 Å². The highest BCUT2D eigenvalue weighted by Gasteiger charge is 2.28. The highest BCUT2D eigenvalue weighted by molar-refractivity contribution is 7.14. The average molecular weight is 568 g/mol. The number of nitrogens with zero attached hydrogens (tertiary/aromatic N) is 1. The number of allylic oxidation sites excluding steroid dienone is 1. The summed E-state index contributed by atoms with van der Waals surface area (Å²) in [6, 6.07) is 23.2. The Kier molecular flexibility index (Phi) is 9.67. The Bertz CT molecular complexity index is 1670. The van der Waals surface area contributed by atoms with Gasteiger partial charge in [-0.1, -0.05) is 54.6 Å². The molecule has 0 saturated heterocycles. The number of esters is 2. The number of hydrogen-bond donors (Lipinski definition) is 0. The molecule has 7 nitrogen and oxygen atoms in total. The summed E-state index contributed by atoms with van der Waals surface area (Å²) in [6.45, 7) is 5.64. The second-order valence-corrected chi connectivity index (χ2v) is 10.2.